The fourth-order valence-electron chi connectivity index (χ4n) is 1.53. The Kier molecular flexibility index (Phi) is 5.74. The third-order valence-electron chi connectivity index (χ3n) is 2.60. The number of nitrogens with two attached hydrogens (primary N) is 1. The van der Waals surface area contributed by atoms with Crippen molar-refractivity contribution in [2.24, 2.45) is 5.84 Å². The summed E-state index contributed by atoms with van der Waals surface area (Å²) in [5.74, 6) is 4.86. The van der Waals surface area contributed by atoms with Gasteiger partial charge in [-0.2, -0.15) is 0 Å². The zero-order valence-electron chi connectivity index (χ0n) is 10.7. The van der Waals surface area contributed by atoms with Crippen LogP contribution in [0.5, 0.6) is 5.75 Å². The van der Waals surface area contributed by atoms with Gasteiger partial charge in [-0.1, -0.05) is 13.0 Å². The molecule has 0 saturated heterocycles. The molecule has 1 amide bonds. The highest BCUT2D eigenvalue weighted by atomic mass is 16.6. The van der Waals surface area contributed by atoms with Gasteiger partial charge >= 0.3 is 5.69 Å². The van der Waals surface area contributed by atoms with E-state index in [4.69, 9.17) is 10.6 Å². The summed E-state index contributed by atoms with van der Waals surface area (Å²) in [5.41, 5.74) is 2.83. The number of rotatable bonds is 7. The molecule has 0 heterocycles. The number of carbonyl (C=O) groups excluding carboxylic acids is 1. The van der Waals surface area contributed by atoms with Gasteiger partial charge in [-0.25, -0.2) is 5.84 Å². The van der Waals surface area contributed by atoms with Gasteiger partial charge in [-0.15, -0.1) is 0 Å². The van der Waals surface area contributed by atoms with Gasteiger partial charge in [0.1, 0.15) is 0 Å². The van der Waals surface area contributed by atoms with Crippen molar-refractivity contribution in [2.75, 3.05) is 6.61 Å². The maximum absolute atomic E-state index is 10.9. The minimum atomic E-state index is -0.471. The smallest absolute Gasteiger partial charge is 0.311 e. The van der Waals surface area contributed by atoms with Crippen LogP contribution in [0.25, 0.3) is 0 Å². The second-order valence-corrected chi connectivity index (χ2v) is 3.93. The molecule has 0 radical (unpaired) electrons. The molecule has 0 bridgehead atoms. The van der Waals surface area contributed by atoms with Crippen LogP contribution in [0.3, 0.4) is 0 Å². The van der Waals surface area contributed by atoms with Crippen molar-refractivity contribution in [3.63, 3.8) is 0 Å². The molecule has 0 spiro atoms. The number of nitro groups is 1. The van der Waals surface area contributed by atoms with Crippen LogP contribution in [0.4, 0.5) is 5.69 Å². The van der Waals surface area contributed by atoms with Crippen molar-refractivity contribution in [3.05, 3.63) is 33.9 Å². The molecule has 3 N–H and O–H groups in total. The van der Waals surface area contributed by atoms with Gasteiger partial charge in [0, 0.05) is 12.5 Å². The minimum absolute atomic E-state index is 0.0531. The van der Waals surface area contributed by atoms with E-state index in [1.165, 1.54) is 6.07 Å². The number of amides is 1. The van der Waals surface area contributed by atoms with Crippen molar-refractivity contribution < 1.29 is 14.5 Å². The predicted octanol–water partition coefficient (Wildman–Crippen LogP) is 1.31. The Bertz CT molecular complexity index is 462. The van der Waals surface area contributed by atoms with Crippen LogP contribution >= 0.6 is 0 Å². The van der Waals surface area contributed by atoms with E-state index in [1.807, 2.05) is 12.3 Å². The second kappa shape index (κ2) is 7.32. The van der Waals surface area contributed by atoms with E-state index in [1.54, 1.807) is 12.1 Å². The van der Waals surface area contributed by atoms with Crippen LogP contribution in [0, 0.1) is 10.1 Å². The molecular formula is C12H17N3O4. The van der Waals surface area contributed by atoms with Crippen molar-refractivity contribution in [1.82, 2.24) is 5.43 Å². The van der Waals surface area contributed by atoms with Crippen LogP contribution in [-0.4, -0.2) is 17.4 Å². The van der Waals surface area contributed by atoms with Crippen LogP contribution in [0.2, 0.25) is 0 Å². The number of nitro benzene ring substituents is 1. The van der Waals surface area contributed by atoms with Crippen molar-refractivity contribution in [3.8, 4) is 5.75 Å². The molecule has 0 aliphatic carbocycles. The largest absolute Gasteiger partial charge is 0.487 e. The Morgan fingerprint density at radius 1 is 1.53 bits per heavy atom. The van der Waals surface area contributed by atoms with Gasteiger partial charge in [0.2, 0.25) is 5.91 Å². The van der Waals surface area contributed by atoms with E-state index in [0.717, 1.165) is 12.0 Å². The number of hydrogen-bond acceptors (Lipinski definition) is 5. The first-order valence-electron chi connectivity index (χ1n) is 5.98. The van der Waals surface area contributed by atoms with Gasteiger partial charge in [0.25, 0.3) is 0 Å². The number of aryl methyl sites for hydroxylation is 1. The van der Waals surface area contributed by atoms with Gasteiger partial charge < -0.3 is 4.74 Å². The van der Waals surface area contributed by atoms with Gasteiger partial charge in [0.05, 0.1) is 11.5 Å². The van der Waals surface area contributed by atoms with Crippen LogP contribution in [0.15, 0.2) is 18.2 Å². The monoisotopic (exact) mass is 267 g/mol. The van der Waals surface area contributed by atoms with Crippen molar-refractivity contribution in [2.45, 2.75) is 26.2 Å². The number of nitrogens with one attached hydrogen (secondary N) is 1. The summed E-state index contributed by atoms with van der Waals surface area (Å²) in [6, 6.07) is 4.87. The fraction of sp³-hybridized carbons (Fsp3) is 0.417. The molecule has 1 aromatic rings. The summed E-state index contributed by atoms with van der Waals surface area (Å²) < 4.78 is 5.33. The Balaban J connectivity index is 2.62. The molecule has 0 unspecified atom stereocenters. The second-order valence-electron chi connectivity index (χ2n) is 3.93. The molecule has 1 aromatic carbocycles. The van der Waals surface area contributed by atoms with Gasteiger partial charge in [-0.05, 0) is 24.5 Å². The fourth-order valence-corrected chi connectivity index (χ4v) is 1.53. The predicted molar refractivity (Wildman–Crippen MR) is 69.5 cm³/mol. The van der Waals surface area contributed by atoms with E-state index in [2.05, 4.69) is 0 Å². The third-order valence-corrected chi connectivity index (χ3v) is 2.60. The number of carbonyl (C=O) groups is 1. The number of benzene rings is 1. The zero-order valence-corrected chi connectivity index (χ0v) is 10.7. The average Bonchev–Trinajstić information content (AvgIpc) is 2.43. The maximum Gasteiger partial charge on any atom is 0.311 e. The topological polar surface area (TPSA) is 107 Å². The van der Waals surface area contributed by atoms with Crippen molar-refractivity contribution in [1.29, 1.82) is 0 Å². The average molecular weight is 267 g/mol. The SMILES string of the molecule is CCc1ccc(OCCCC(=O)NN)c([N+](=O)[O-])c1. The third kappa shape index (κ3) is 4.55. The maximum atomic E-state index is 10.9. The number of nitrogens with zero attached hydrogens (tertiary/aromatic N) is 1. The number of ether oxygens (including phenoxy) is 1. The summed E-state index contributed by atoms with van der Waals surface area (Å²) in [7, 11) is 0. The Morgan fingerprint density at radius 3 is 2.84 bits per heavy atom. The lowest BCUT2D eigenvalue weighted by molar-refractivity contribution is -0.385. The van der Waals surface area contributed by atoms with E-state index in [9.17, 15) is 14.9 Å². The van der Waals surface area contributed by atoms with E-state index < -0.39 is 4.92 Å². The Hall–Kier alpha value is -2.15. The highest BCUT2D eigenvalue weighted by Crippen LogP contribution is 2.28. The molecule has 0 aliphatic heterocycles. The molecule has 1 rings (SSSR count). The lowest BCUT2D eigenvalue weighted by Gasteiger charge is -2.07. The van der Waals surface area contributed by atoms with Crippen LogP contribution in [-0.2, 0) is 11.2 Å². The Labute approximate surface area is 110 Å². The molecule has 0 fully saturated rings. The molecule has 0 aromatic heterocycles. The summed E-state index contributed by atoms with van der Waals surface area (Å²) >= 11 is 0. The highest BCUT2D eigenvalue weighted by molar-refractivity contribution is 5.75. The number of hydrogen-bond donors (Lipinski definition) is 2. The van der Waals surface area contributed by atoms with Crippen LogP contribution < -0.4 is 16.0 Å². The molecule has 0 aliphatic rings. The van der Waals surface area contributed by atoms with Crippen molar-refractivity contribution >= 4 is 11.6 Å². The van der Waals surface area contributed by atoms with E-state index in [0.29, 0.717) is 6.42 Å². The molecule has 0 atom stereocenters. The van der Waals surface area contributed by atoms with E-state index >= 15 is 0 Å². The summed E-state index contributed by atoms with van der Waals surface area (Å²) in [6.45, 7) is 2.14. The lowest BCUT2D eigenvalue weighted by Crippen LogP contribution is -2.29. The molecule has 7 heteroatoms. The first-order chi connectivity index (χ1) is 9.08. The summed E-state index contributed by atoms with van der Waals surface area (Å²) in [5, 5.41) is 10.9. The van der Waals surface area contributed by atoms with E-state index in [-0.39, 0.29) is 30.4 Å². The highest BCUT2D eigenvalue weighted by Gasteiger charge is 2.15. The Morgan fingerprint density at radius 2 is 2.26 bits per heavy atom. The first-order valence-corrected chi connectivity index (χ1v) is 5.98. The minimum Gasteiger partial charge on any atom is -0.487 e. The normalized spacial score (nSPS) is 10.0. The lowest BCUT2D eigenvalue weighted by atomic mass is 10.1. The molecule has 0 saturated carbocycles. The number of hydrazine groups is 1. The quantitative estimate of drug-likeness (QED) is 0.254. The summed E-state index contributed by atoms with van der Waals surface area (Å²) in [6.07, 6.45) is 1.38. The summed E-state index contributed by atoms with van der Waals surface area (Å²) in [4.78, 5) is 21.3. The molecule has 104 valence electrons. The zero-order chi connectivity index (χ0) is 14.3. The first kappa shape index (κ1) is 14.9. The van der Waals surface area contributed by atoms with Gasteiger partial charge in [-0.3, -0.25) is 20.3 Å². The molecule has 19 heavy (non-hydrogen) atoms. The molecule has 7 nitrogen and oxygen atoms in total. The molecular weight excluding hydrogens is 250 g/mol. The standard InChI is InChI=1S/C12H17N3O4/c1-2-9-5-6-11(10(8-9)15(17)18)19-7-3-4-12(16)14-13/h5-6,8H,2-4,7,13H2,1H3,(H,14,16). The van der Waals surface area contributed by atoms with Crippen LogP contribution in [0.1, 0.15) is 25.3 Å². The van der Waals surface area contributed by atoms with Gasteiger partial charge in [0.15, 0.2) is 5.75 Å².